The van der Waals surface area contributed by atoms with Gasteiger partial charge in [-0.05, 0) is 36.8 Å². The maximum absolute atomic E-state index is 12.7. The molecule has 2 aliphatic rings. The number of hydrogen-bond donors (Lipinski definition) is 2. The van der Waals surface area contributed by atoms with Crippen LogP contribution in [-0.2, 0) is 17.6 Å². The third kappa shape index (κ3) is 3.35. The molecule has 1 fully saturated rings. The van der Waals surface area contributed by atoms with Crippen molar-refractivity contribution in [1.29, 1.82) is 0 Å². The van der Waals surface area contributed by atoms with Gasteiger partial charge >= 0.3 is 5.97 Å². The van der Waals surface area contributed by atoms with Crippen LogP contribution in [0.5, 0.6) is 0 Å². The number of aliphatic carboxylic acids is 1. The second kappa shape index (κ2) is 6.84. The lowest BCUT2D eigenvalue weighted by atomic mass is 9.85. The van der Waals surface area contributed by atoms with Gasteiger partial charge in [-0.2, -0.15) is 0 Å². The number of carbonyl (C=O) groups excluding carboxylic acids is 1. The highest BCUT2D eigenvalue weighted by Crippen LogP contribution is 2.35. The molecule has 1 saturated heterocycles. The van der Waals surface area contributed by atoms with Gasteiger partial charge in [0, 0.05) is 30.8 Å². The minimum absolute atomic E-state index is 0.0196. The van der Waals surface area contributed by atoms with Gasteiger partial charge in [0.05, 0.1) is 4.88 Å². The predicted molar refractivity (Wildman–Crippen MR) is 92.5 cm³/mol. The van der Waals surface area contributed by atoms with Crippen LogP contribution in [0.25, 0.3) is 0 Å². The highest BCUT2D eigenvalue weighted by Gasteiger charge is 2.40. The minimum atomic E-state index is -1.68. The maximum atomic E-state index is 12.7. The van der Waals surface area contributed by atoms with Crippen LogP contribution in [0.2, 0.25) is 0 Å². The summed E-state index contributed by atoms with van der Waals surface area (Å²) >= 11 is 1.59. The van der Waals surface area contributed by atoms with E-state index < -0.39 is 11.6 Å². The first kappa shape index (κ1) is 17.4. The van der Waals surface area contributed by atoms with Crippen LogP contribution >= 0.6 is 11.3 Å². The summed E-state index contributed by atoms with van der Waals surface area (Å²) in [6.45, 7) is 2.80. The molecule has 0 saturated carbocycles. The normalized spacial score (nSPS) is 22.9. The highest BCUT2D eigenvalue weighted by atomic mass is 32.1. The molecule has 24 heavy (non-hydrogen) atoms. The Morgan fingerprint density at radius 1 is 1.38 bits per heavy atom. The lowest BCUT2D eigenvalue weighted by Gasteiger charge is -2.35. The van der Waals surface area contributed by atoms with Gasteiger partial charge in [-0.1, -0.05) is 19.8 Å². The van der Waals surface area contributed by atoms with Gasteiger partial charge in [-0.15, -0.1) is 11.3 Å². The molecule has 2 N–H and O–H groups in total. The van der Waals surface area contributed by atoms with E-state index in [0.717, 1.165) is 23.6 Å². The number of aryl methyl sites for hydroxylation is 1. The van der Waals surface area contributed by atoms with E-state index in [-0.39, 0.29) is 18.7 Å². The lowest BCUT2D eigenvalue weighted by molar-refractivity contribution is -0.162. The number of nitrogens with zero attached hydrogens (tertiary/aromatic N) is 1. The number of rotatable bonds is 4. The van der Waals surface area contributed by atoms with Gasteiger partial charge in [-0.25, -0.2) is 4.79 Å². The summed E-state index contributed by atoms with van der Waals surface area (Å²) in [6, 6.07) is 2.04. The number of aliphatic hydroxyl groups is 1. The van der Waals surface area contributed by atoms with Crippen molar-refractivity contribution in [3.8, 4) is 0 Å². The number of fused-ring (bicyclic) bond motifs is 1. The second-order valence-electron chi connectivity index (χ2n) is 7.09. The number of carbonyl (C=O) groups is 2. The summed E-state index contributed by atoms with van der Waals surface area (Å²) in [6.07, 6.45) is 6.00. The molecule has 0 spiro atoms. The van der Waals surface area contributed by atoms with Gasteiger partial charge in [-0.3, -0.25) is 4.79 Å². The monoisotopic (exact) mass is 351 g/mol. The highest BCUT2D eigenvalue weighted by molar-refractivity contribution is 7.14. The Morgan fingerprint density at radius 3 is 2.71 bits per heavy atom. The van der Waals surface area contributed by atoms with Crippen molar-refractivity contribution in [2.24, 2.45) is 5.92 Å². The molecule has 1 aromatic heterocycles. The topological polar surface area (TPSA) is 77.8 Å². The van der Waals surface area contributed by atoms with Gasteiger partial charge in [0.25, 0.3) is 5.91 Å². The maximum Gasteiger partial charge on any atom is 0.335 e. The smallest absolute Gasteiger partial charge is 0.335 e. The Bertz CT molecular complexity index is 631. The summed E-state index contributed by atoms with van der Waals surface area (Å²) in [5.74, 6) is -0.474. The van der Waals surface area contributed by atoms with E-state index in [1.807, 2.05) is 6.07 Å². The fourth-order valence-electron chi connectivity index (χ4n) is 3.81. The Morgan fingerprint density at radius 2 is 2.08 bits per heavy atom. The molecule has 0 radical (unpaired) electrons. The molecule has 0 bridgehead atoms. The Labute approximate surface area is 146 Å². The Hall–Kier alpha value is -1.40. The van der Waals surface area contributed by atoms with E-state index in [1.54, 1.807) is 16.2 Å². The van der Waals surface area contributed by atoms with Crippen LogP contribution in [0.4, 0.5) is 0 Å². The summed E-state index contributed by atoms with van der Waals surface area (Å²) < 4.78 is 0. The summed E-state index contributed by atoms with van der Waals surface area (Å²) in [4.78, 5) is 27.6. The zero-order valence-corrected chi connectivity index (χ0v) is 14.9. The quantitative estimate of drug-likeness (QED) is 0.874. The average Bonchev–Trinajstić information content (AvgIpc) is 2.98. The lowest BCUT2D eigenvalue weighted by Crippen LogP contribution is -2.50. The fraction of sp³-hybridized carbons (Fsp3) is 0.667. The van der Waals surface area contributed by atoms with Gasteiger partial charge in [0.2, 0.25) is 0 Å². The van der Waals surface area contributed by atoms with Crippen LogP contribution in [0.15, 0.2) is 6.07 Å². The van der Waals surface area contributed by atoms with Crippen LogP contribution < -0.4 is 0 Å². The third-order valence-corrected chi connectivity index (χ3v) is 6.59. The molecule has 1 amide bonds. The van der Waals surface area contributed by atoms with Crippen LogP contribution in [0.1, 0.15) is 59.1 Å². The van der Waals surface area contributed by atoms with Crippen molar-refractivity contribution in [1.82, 2.24) is 4.90 Å². The van der Waals surface area contributed by atoms with Gasteiger partial charge in [0.1, 0.15) is 0 Å². The van der Waals surface area contributed by atoms with E-state index >= 15 is 0 Å². The van der Waals surface area contributed by atoms with Crippen LogP contribution in [0, 0.1) is 5.92 Å². The zero-order valence-electron chi connectivity index (χ0n) is 14.1. The number of thiophene rings is 1. The van der Waals surface area contributed by atoms with E-state index in [0.29, 0.717) is 13.1 Å². The van der Waals surface area contributed by atoms with E-state index in [9.17, 15) is 14.7 Å². The van der Waals surface area contributed by atoms with Crippen LogP contribution in [0.3, 0.4) is 0 Å². The largest absolute Gasteiger partial charge is 0.479 e. The summed E-state index contributed by atoms with van der Waals surface area (Å²) in [5.41, 5.74) is -0.356. The second-order valence-corrected chi connectivity index (χ2v) is 8.22. The molecular weight excluding hydrogens is 326 g/mol. The van der Waals surface area contributed by atoms with Gasteiger partial charge in [0.15, 0.2) is 5.60 Å². The molecule has 1 aliphatic carbocycles. The van der Waals surface area contributed by atoms with E-state index in [4.69, 9.17) is 5.11 Å². The molecule has 5 nitrogen and oxygen atoms in total. The molecule has 2 heterocycles. The van der Waals surface area contributed by atoms with Crippen molar-refractivity contribution < 1.29 is 19.8 Å². The summed E-state index contributed by atoms with van der Waals surface area (Å²) in [7, 11) is 0. The Balaban J connectivity index is 1.66. The first-order valence-electron chi connectivity index (χ1n) is 8.79. The van der Waals surface area contributed by atoms with Crippen LogP contribution in [-0.4, -0.2) is 45.7 Å². The number of piperidine rings is 1. The summed E-state index contributed by atoms with van der Waals surface area (Å²) in [5, 5.41) is 19.1. The number of hydrogen-bond acceptors (Lipinski definition) is 4. The number of carboxylic acid groups (broad SMARTS) is 1. The molecule has 6 heteroatoms. The molecule has 1 aromatic rings. The van der Waals surface area contributed by atoms with Crippen molar-refractivity contribution in [3.05, 3.63) is 21.4 Å². The molecule has 3 rings (SSSR count). The molecule has 1 unspecified atom stereocenters. The molecular formula is C18H25NO4S. The third-order valence-electron chi connectivity index (χ3n) is 5.37. The minimum Gasteiger partial charge on any atom is -0.479 e. The van der Waals surface area contributed by atoms with E-state index in [1.165, 1.54) is 29.7 Å². The van der Waals surface area contributed by atoms with Crippen molar-refractivity contribution >= 4 is 23.2 Å². The number of amides is 1. The van der Waals surface area contributed by atoms with Crippen molar-refractivity contribution in [3.63, 3.8) is 0 Å². The first-order valence-corrected chi connectivity index (χ1v) is 9.61. The average molecular weight is 351 g/mol. The standard InChI is InChI=1S/C18H25NO4S/c1-2-3-12-4-5-14-13(10-12)11-15(24-14)16(20)19-8-6-18(23,7-9-19)17(21)22/h11-12,23H,2-10H2,1H3,(H,21,22). The molecule has 0 aromatic carbocycles. The molecule has 1 aliphatic heterocycles. The Kier molecular flexibility index (Phi) is 4.97. The number of carboxylic acids is 1. The van der Waals surface area contributed by atoms with Gasteiger partial charge < -0.3 is 15.1 Å². The SMILES string of the molecule is CCCC1CCc2sc(C(=O)N3CCC(O)(C(=O)O)CC3)cc2C1. The molecule has 132 valence electrons. The predicted octanol–water partition coefficient (Wildman–Crippen LogP) is 2.70. The zero-order chi connectivity index (χ0) is 17.3. The van der Waals surface area contributed by atoms with Crippen molar-refractivity contribution in [2.75, 3.05) is 13.1 Å². The van der Waals surface area contributed by atoms with E-state index in [2.05, 4.69) is 6.92 Å². The first-order chi connectivity index (χ1) is 11.4. The van der Waals surface area contributed by atoms with Crippen molar-refractivity contribution in [2.45, 2.75) is 57.5 Å². The number of likely N-dealkylation sites (tertiary alicyclic amines) is 1. The fourth-order valence-corrected chi connectivity index (χ4v) is 4.98. The molecule has 1 atom stereocenters.